The Morgan fingerprint density at radius 3 is 1.42 bits per heavy atom. The topological polar surface area (TPSA) is 133 Å². The van der Waals surface area contributed by atoms with Crippen molar-refractivity contribution in [2.45, 2.75) is 39.0 Å². The maximum Gasteiger partial charge on any atom is 0.471 e. The van der Waals surface area contributed by atoms with Gasteiger partial charge in [0.2, 0.25) is 0 Å². The van der Waals surface area contributed by atoms with Gasteiger partial charge in [0.15, 0.2) is 0 Å². The molecule has 17 heteroatoms. The number of imide groups is 2. The number of rotatable bonds is 6. The molecule has 304 valence electrons. The predicted octanol–water partition coefficient (Wildman–Crippen LogP) is 7.94. The van der Waals surface area contributed by atoms with Gasteiger partial charge in [0.05, 0.1) is 33.6 Å². The van der Waals surface area contributed by atoms with E-state index in [-0.39, 0.29) is 41.7 Å². The Balaban J connectivity index is 0.000000215. The Hall–Kier alpha value is -6.47. The van der Waals surface area contributed by atoms with E-state index >= 15 is 0 Å². The van der Waals surface area contributed by atoms with E-state index in [1.54, 1.807) is 90.4 Å². The number of amides is 6. The fourth-order valence-electron chi connectivity index (χ4n) is 5.36. The summed E-state index contributed by atoms with van der Waals surface area (Å²) in [6, 6.07) is 22.5. The lowest BCUT2D eigenvalue weighted by Crippen LogP contribution is -2.30. The number of alkyl halides is 6. The molecule has 0 atom stereocenters. The van der Waals surface area contributed by atoms with Gasteiger partial charge in [-0.25, -0.2) is 0 Å². The molecule has 2 N–H and O–H groups in total. The SMILES string of the molecule is C#CCCN1C(=O)c2ccccc2C1=O.Cc1ccc(NC(=O)C(F)(F)F)c(C#CCCN2C(=O)c3ccccc3C2=O)c1.Cc1ccc(NC(=O)C(F)(F)F)c(I)c1. The summed E-state index contributed by atoms with van der Waals surface area (Å²) in [6.45, 7) is 3.90. The van der Waals surface area contributed by atoms with Gasteiger partial charge in [0, 0.05) is 35.1 Å². The van der Waals surface area contributed by atoms with Crippen molar-refractivity contribution in [2.75, 3.05) is 23.7 Å². The number of carbonyl (C=O) groups excluding carboxylic acids is 6. The summed E-state index contributed by atoms with van der Waals surface area (Å²) in [6.07, 6.45) is -4.24. The number of nitrogens with one attached hydrogen (secondary N) is 2. The first-order chi connectivity index (χ1) is 27.7. The molecule has 2 heterocycles. The zero-order valence-corrected chi connectivity index (χ0v) is 33.1. The summed E-state index contributed by atoms with van der Waals surface area (Å²) in [7, 11) is 0. The molecule has 0 saturated carbocycles. The minimum Gasteiger partial charge on any atom is -0.317 e. The van der Waals surface area contributed by atoms with Gasteiger partial charge in [-0.2, -0.15) is 26.3 Å². The average molecular weight is 929 g/mol. The van der Waals surface area contributed by atoms with Gasteiger partial charge in [0.25, 0.3) is 23.6 Å². The third-order valence-electron chi connectivity index (χ3n) is 8.23. The summed E-state index contributed by atoms with van der Waals surface area (Å²) in [5, 5.41) is 3.61. The molecule has 59 heavy (non-hydrogen) atoms. The van der Waals surface area contributed by atoms with Crippen LogP contribution in [-0.4, -0.2) is 70.7 Å². The number of fused-ring (bicyclic) bond motifs is 2. The molecule has 0 unspecified atom stereocenters. The van der Waals surface area contributed by atoms with Crippen LogP contribution in [0, 0.1) is 41.6 Å². The van der Waals surface area contributed by atoms with E-state index in [4.69, 9.17) is 6.42 Å². The molecule has 2 aliphatic heterocycles. The fraction of sp³-hybridized carbons (Fsp3) is 0.190. The van der Waals surface area contributed by atoms with Crippen molar-refractivity contribution in [2.24, 2.45) is 0 Å². The summed E-state index contributed by atoms with van der Waals surface area (Å²) in [5.74, 6) is 2.53. The maximum atomic E-state index is 12.5. The van der Waals surface area contributed by atoms with Crippen molar-refractivity contribution in [1.29, 1.82) is 0 Å². The summed E-state index contributed by atoms with van der Waals surface area (Å²) in [4.78, 5) is 72.2. The number of benzene rings is 4. The molecule has 0 bridgehead atoms. The molecule has 0 spiro atoms. The van der Waals surface area contributed by atoms with Crippen molar-refractivity contribution in [3.63, 3.8) is 0 Å². The molecule has 0 saturated heterocycles. The van der Waals surface area contributed by atoms with E-state index in [0.29, 0.717) is 38.8 Å². The first kappa shape index (κ1) is 45.2. The van der Waals surface area contributed by atoms with E-state index in [1.165, 1.54) is 17.0 Å². The number of hydrogen-bond donors (Lipinski definition) is 2. The van der Waals surface area contributed by atoms with E-state index in [2.05, 4.69) is 17.8 Å². The van der Waals surface area contributed by atoms with Crippen molar-refractivity contribution in [1.82, 2.24) is 9.80 Å². The van der Waals surface area contributed by atoms with Crippen LogP contribution >= 0.6 is 22.6 Å². The Morgan fingerprint density at radius 2 is 1.02 bits per heavy atom. The van der Waals surface area contributed by atoms with Crippen LogP contribution < -0.4 is 10.6 Å². The smallest absolute Gasteiger partial charge is 0.317 e. The molecule has 2 aliphatic rings. The number of halogens is 7. The number of hydrogen-bond acceptors (Lipinski definition) is 6. The van der Waals surface area contributed by atoms with Gasteiger partial charge in [-0.05, 0) is 96.1 Å². The van der Waals surface area contributed by atoms with Crippen molar-refractivity contribution >= 4 is 69.4 Å². The molecular weight excluding hydrogens is 897 g/mol. The molecular formula is C42H31F6IN4O6. The minimum absolute atomic E-state index is 0.0510. The third kappa shape index (κ3) is 11.6. The lowest BCUT2D eigenvalue weighted by molar-refractivity contribution is -0.167. The molecule has 10 nitrogen and oxygen atoms in total. The summed E-state index contributed by atoms with van der Waals surface area (Å²) < 4.78 is 73.8. The molecule has 4 aromatic carbocycles. The van der Waals surface area contributed by atoms with Crippen LogP contribution in [0.2, 0.25) is 0 Å². The van der Waals surface area contributed by atoms with Crippen LogP contribution in [0.1, 0.15) is 71.0 Å². The Bertz CT molecular complexity index is 2360. The van der Waals surface area contributed by atoms with Gasteiger partial charge in [-0.3, -0.25) is 38.6 Å². The second kappa shape index (κ2) is 19.3. The monoisotopic (exact) mass is 928 g/mol. The highest BCUT2D eigenvalue weighted by Crippen LogP contribution is 2.26. The molecule has 6 amide bonds. The van der Waals surface area contributed by atoms with Crippen molar-refractivity contribution in [3.05, 3.63) is 127 Å². The Kier molecular flexibility index (Phi) is 14.8. The van der Waals surface area contributed by atoms with Gasteiger partial charge in [-0.15, -0.1) is 12.3 Å². The van der Waals surface area contributed by atoms with Crippen LogP contribution in [0.4, 0.5) is 37.7 Å². The van der Waals surface area contributed by atoms with Crippen LogP contribution in [0.25, 0.3) is 0 Å². The number of carbonyl (C=O) groups is 6. The predicted molar refractivity (Wildman–Crippen MR) is 213 cm³/mol. The Labute approximate surface area is 347 Å². The zero-order chi connectivity index (χ0) is 43.7. The Morgan fingerprint density at radius 1 is 0.627 bits per heavy atom. The second-order valence-corrected chi connectivity index (χ2v) is 13.7. The van der Waals surface area contributed by atoms with E-state index in [1.807, 2.05) is 29.5 Å². The van der Waals surface area contributed by atoms with Gasteiger partial charge >= 0.3 is 24.2 Å². The number of nitrogens with zero attached hydrogens (tertiary/aromatic N) is 2. The van der Waals surface area contributed by atoms with E-state index < -0.39 is 36.0 Å². The van der Waals surface area contributed by atoms with Crippen LogP contribution in [0.15, 0.2) is 84.9 Å². The highest BCUT2D eigenvalue weighted by Gasteiger charge is 2.40. The third-order valence-corrected chi connectivity index (χ3v) is 9.12. The standard InChI is InChI=1S/C21H15F3N2O3.C12H9NO2.C9H7F3INO/c1-13-9-10-17(25-20(29)21(22,23)24)14(12-13)6-4-5-11-26-18(27)15-7-2-3-8-16(15)19(26)28;1-2-3-8-13-11(14)9-6-4-5-7-10(9)12(13)15;1-5-2-3-7(6(13)4-5)14-8(15)9(10,11)12/h2-3,7-10,12H,5,11H2,1H3,(H,25,29);1,4-7H,3,8H2;2-4H,1H3,(H,14,15). The normalized spacial score (nSPS) is 12.8. The van der Waals surface area contributed by atoms with Gasteiger partial charge in [-0.1, -0.05) is 48.2 Å². The van der Waals surface area contributed by atoms with Crippen LogP contribution in [0.3, 0.4) is 0 Å². The maximum absolute atomic E-state index is 12.5. The highest BCUT2D eigenvalue weighted by atomic mass is 127. The van der Waals surface area contributed by atoms with E-state index in [0.717, 1.165) is 16.0 Å². The lowest BCUT2D eigenvalue weighted by Gasteiger charge is -2.11. The molecule has 0 radical (unpaired) electrons. The first-order valence-corrected chi connectivity index (χ1v) is 18.3. The lowest BCUT2D eigenvalue weighted by atomic mass is 10.1. The average Bonchev–Trinajstić information content (AvgIpc) is 3.57. The first-order valence-electron chi connectivity index (χ1n) is 17.2. The highest BCUT2D eigenvalue weighted by molar-refractivity contribution is 14.1. The van der Waals surface area contributed by atoms with Gasteiger partial charge in [0.1, 0.15) is 0 Å². The fourth-order valence-corrected chi connectivity index (χ4v) is 6.17. The second-order valence-electron chi connectivity index (χ2n) is 12.6. The molecule has 0 aromatic heterocycles. The van der Waals surface area contributed by atoms with Crippen molar-refractivity contribution < 1.29 is 55.1 Å². The van der Waals surface area contributed by atoms with Gasteiger partial charge < -0.3 is 10.6 Å². The quantitative estimate of drug-likeness (QED) is 0.0874. The molecule has 0 aliphatic carbocycles. The number of terminal acetylenes is 1. The van der Waals surface area contributed by atoms with Crippen molar-refractivity contribution in [3.8, 4) is 24.2 Å². The van der Waals surface area contributed by atoms with Crippen LogP contribution in [-0.2, 0) is 9.59 Å². The molecule has 6 rings (SSSR count). The number of anilines is 2. The summed E-state index contributed by atoms with van der Waals surface area (Å²) >= 11 is 1.87. The molecule has 0 fully saturated rings. The zero-order valence-electron chi connectivity index (χ0n) is 31.0. The minimum atomic E-state index is -5.01. The summed E-state index contributed by atoms with van der Waals surface area (Å²) in [5.41, 5.74) is 3.60. The van der Waals surface area contributed by atoms with E-state index in [9.17, 15) is 55.1 Å². The number of aryl methyl sites for hydroxylation is 2. The van der Waals surface area contributed by atoms with Crippen LogP contribution in [0.5, 0.6) is 0 Å². The molecule has 4 aromatic rings. The largest absolute Gasteiger partial charge is 0.471 e.